The van der Waals surface area contributed by atoms with Crippen LogP contribution in [0.1, 0.15) is 13.3 Å². The van der Waals surface area contributed by atoms with Crippen LogP contribution < -0.4 is 5.32 Å². The molecule has 1 aromatic heterocycles. The molecule has 0 radical (unpaired) electrons. The summed E-state index contributed by atoms with van der Waals surface area (Å²) in [5, 5.41) is 5.61. The molecule has 62 valence electrons. The highest BCUT2D eigenvalue weighted by Gasteiger charge is 1.96. The Morgan fingerprint density at radius 2 is 2.45 bits per heavy atom. The van der Waals surface area contributed by atoms with Gasteiger partial charge in [-0.2, -0.15) is 0 Å². The molecule has 0 fully saturated rings. The summed E-state index contributed by atoms with van der Waals surface area (Å²) in [5.74, 6) is 0.0717. The first-order chi connectivity index (χ1) is 4.83. The lowest BCUT2D eigenvalue weighted by molar-refractivity contribution is -0.115. The van der Waals surface area contributed by atoms with Gasteiger partial charge in [0, 0.05) is 6.42 Å². The van der Waals surface area contributed by atoms with Gasteiger partial charge in [-0.05, 0) is 17.5 Å². The normalized spacial score (nSPS) is 8.45. The average Bonchev–Trinajstić information content (AvgIpc) is 2.40. The Morgan fingerprint density at radius 3 is 2.91 bits per heavy atom. The fraction of sp³-hybridized carbons (Fsp3) is 0.286. The van der Waals surface area contributed by atoms with E-state index in [9.17, 15) is 4.79 Å². The Bertz CT molecular complexity index is 210. The van der Waals surface area contributed by atoms with Gasteiger partial charge in [0.15, 0.2) is 0 Å². The van der Waals surface area contributed by atoms with E-state index in [0.717, 1.165) is 5.00 Å². The van der Waals surface area contributed by atoms with Crippen LogP contribution >= 0.6 is 23.7 Å². The molecule has 0 atom stereocenters. The van der Waals surface area contributed by atoms with E-state index in [4.69, 9.17) is 0 Å². The summed E-state index contributed by atoms with van der Waals surface area (Å²) in [6.45, 7) is 1.84. The standard InChI is InChI=1S/C7H9NOS.ClH/c1-2-6(9)8-7-4-3-5-10-7;/h3-5H,2H2,1H3,(H,8,9);1H. The zero-order valence-corrected chi connectivity index (χ0v) is 7.80. The predicted octanol–water partition coefficient (Wildman–Crippen LogP) is 2.52. The van der Waals surface area contributed by atoms with E-state index in [0.29, 0.717) is 6.42 Å². The SMILES string of the molecule is CCC(=O)Nc1cccs1.Cl. The molecule has 1 heterocycles. The lowest BCUT2D eigenvalue weighted by Crippen LogP contribution is -2.07. The van der Waals surface area contributed by atoms with Gasteiger partial charge in [-0.15, -0.1) is 23.7 Å². The Kier molecular flexibility index (Phi) is 4.90. The second-order valence-corrected chi connectivity index (χ2v) is 2.83. The first-order valence-electron chi connectivity index (χ1n) is 3.16. The predicted molar refractivity (Wildman–Crippen MR) is 50.5 cm³/mol. The van der Waals surface area contributed by atoms with E-state index in [1.807, 2.05) is 24.4 Å². The number of halogens is 1. The monoisotopic (exact) mass is 191 g/mol. The molecule has 1 rings (SSSR count). The van der Waals surface area contributed by atoms with Crippen LogP contribution in [0.25, 0.3) is 0 Å². The van der Waals surface area contributed by atoms with Gasteiger partial charge in [0.1, 0.15) is 0 Å². The maximum Gasteiger partial charge on any atom is 0.224 e. The average molecular weight is 192 g/mol. The molecule has 0 saturated carbocycles. The van der Waals surface area contributed by atoms with Crippen molar-refractivity contribution in [3.05, 3.63) is 17.5 Å². The van der Waals surface area contributed by atoms with Crippen molar-refractivity contribution in [1.82, 2.24) is 0 Å². The zero-order chi connectivity index (χ0) is 7.40. The van der Waals surface area contributed by atoms with Crippen LogP contribution in [0.3, 0.4) is 0 Å². The number of anilines is 1. The zero-order valence-electron chi connectivity index (χ0n) is 6.16. The van der Waals surface area contributed by atoms with Crippen molar-refractivity contribution in [2.45, 2.75) is 13.3 Å². The van der Waals surface area contributed by atoms with E-state index < -0.39 is 0 Å². The van der Waals surface area contributed by atoms with Crippen molar-refractivity contribution in [3.63, 3.8) is 0 Å². The summed E-state index contributed by atoms with van der Waals surface area (Å²) in [5.41, 5.74) is 0. The number of carbonyl (C=O) groups excluding carboxylic acids is 1. The van der Waals surface area contributed by atoms with Gasteiger partial charge >= 0.3 is 0 Å². The number of rotatable bonds is 2. The van der Waals surface area contributed by atoms with Crippen molar-refractivity contribution in [2.24, 2.45) is 0 Å². The molecule has 2 nitrogen and oxygen atoms in total. The van der Waals surface area contributed by atoms with E-state index in [2.05, 4.69) is 5.32 Å². The number of carbonyl (C=O) groups is 1. The van der Waals surface area contributed by atoms with E-state index in [-0.39, 0.29) is 18.3 Å². The molecule has 4 heteroatoms. The molecule has 1 N–H and O–H groups in total. The van der Waals surface area contributed by atoms with Crippen LogP contribution in [0.2, 0.25) is 0 Å². The highest BCUT2D eigenvalue weighted by Crippen LogP contribution is 2.14. The highest BCUT2D eigenvalue weighted by atomic mass is 35.5. The molecule has 0 spiro atoms. The number of hydrogen-bond donors (Lipinski definition) is 1. The molecule has 0 unspecified atom stereocenters. The first-order valence-corrected chi connectivity index (χ1v) is 4.04. The van der Waals surface area contributed by atoms with Crippen LogP contribution in [-0.2, 0) is 4.79 Å². The smallest absolute Gasteiger partial charge is 0.224 e. The van der Waals surface area contributed by atoms with Gasteiger partial charge in [-0.25, -0.2) is 0 Å². The van der Waals surface area contributed by atoms with Crippen LogP contribution in [0, 0.1) is 0 Å². The largest absolute Gasteiger partial charge is 0.318 e. The number of hydrogen-bond acceptors (Lipinski definition) is 2. The second-order valence-electron chi connectivity index (χ2n) is 1.88. The maximum atomic E-state index is 10.8. The van der Waals surface area contributed by atoms with Gasteiger partial charge in [0.25, 0.3) is 0 Å². The summed E-state index contributed by atoms with van der Waals surface area (Å²) in [4.78, 5) is 10.8. The van der Waals surface area contributed by atoms with E-state index in [1.165, 1.54) is 11.3 Å². The summed E-state index contributed by atoms with van der Waals surface area (Å²) in [7, 11) is 0. The Balaban J connectivity index is 0.000001000. The van der Waals surface area contributed by atoms with Crippen molar-refractivity contribution in [2.75, 3.05) is 5.32 Å². The maximum absolute atomic E-state index is 10.8. The molecular weight excluding hydrogens is 182 g/mol. The summed E-state index contributed by atoms with van der Waals surface area (Å²) in [6, 6.07) is 3.80. The van der Waals surface area contributed by atoms with Gasteiger partial charge < -0.3 is 5.32 Å². The number of amides is 1. The molecule has 0 aliphatic rings. The molecule has 11 heavy (non-hydrogen) atoms. The fourth-order valence-corrected chi connectivity index (χ4v) is 1.21. The van der Waals surface area contributed by atoms with Crippen molar-refractivity contribution >= 4 is 34.7 Å². The summed E-state index contributed by atoms with van der Waals surface area (Å²) >= 11 is 1.53. The lowest BCUT2D eigenvalue weighted by Gasteiger charge is -1.96. The third kappa shape index (κ3) is 3.39. The minimum absolute atomic E-state index is 0. The third-order valence-corrected chi connectivity index (χ3v) is 1.89. The highest BCUT2D eigenvalue weighted by molar-refractivity contribution is 7.14. The molecule has 1 aromatic rings. The minimum Gasteiger partial charge on any atom is -0.318 e. The van der Waals surface area contributed by atoms with Gasteiger partial charge in [0.05, 0.1) is 5.00 Å². The van der Waals surface area contributed by atoms with Crippen LogP contribution in [0.5, 0.6) is 0 Å². The molecule has 0 aliphatic heterocycles. The number of thiophene rings is 1. The van der Waals surface area contributed by atoms with Gasteiger partial charge in [0.2, 0.25) is 5.91 Å². The topological polar surface area (TPSA) is 29.1 Å². The number of nitrogens with one attached hydrogen (secondary N) is 1. The van der Waals surface area contributed by atoms with Crippen molar-refractivity contribution < 1.29 is 4.79 Å². The van der Waals surface area contributed by atoms with Gasteiger partial charge in [-0.3, -0.25) is 4.79 Å². The van der Waals surface area contributed by atoms with Gasteiger partial charge in [-0.1, -0.05) is 6.92 Å². The summed E-state index contributed by atoms with van der Waals surface area (Å²) in [6.07, 6.45) is 0.540. The second kappa shape index (κ2) is 5.16. The first kappa shape index (κ1) is 10.5. The quantitative estimate of drug-likeness (QED) is 0.765. The Morgan fingerprint density at radius 1 is 1.73 bits per heavy atom. The Labute approximate surface area is 76.0 Å². The van der Waals surface area contributed by atoms with Crippen LogP contribution in [-0.4, -0.2) is 5.91 Å². The van der Waals surface area contributed by atoms with E-state index >= 15 is 0 Å². The molecular formula is C7H10ClNOS. The van der Waals surface area contributed by atoms with E-state index in [1.54, 1.807) is 0 Å². The minimum atomic E-state index is 0. The fourth-order valence-electron chi connectivity index (χ4n) is 0.575. The van der Waals surface area contributed by atoms with Crippen LogP contribution in [0.15, 0.2) is 17.5 Å². The molecule has 0 aliphatic carbocycles. The lowest BCUT2D eigenvalue weighted by atomic mass is 10.4. The molecule has 1 amide bonds. The molecule has 0 bridgehead atoms. The van der Waals surface area contributed by atoms with Crippen LogP contribution in [0.4, 0.5) is 5.00 Å². The molecule has 0 aromatic carbocycles. The molecule has 0 saturated heterocycles. The van der Waals surface area contributed by atoms with Crippen molar-refractivity contribution in [1.29, 1.82) is 0 Å². The summed E-state index contributed by atoms with van der Waals surface area (Å²) < 4.78 is 0. The third-order valence-electron chi connectivity index (χ3n) is 1.10. The van der Waals surface area contributed by atoms with Crippen molar-refractivity contribution in [3.8, 4) is 0 Å². The Hall–Kier alpha value is -0.540.